The molecule has 0 heterocycles. The molecule has 0 aliphatic heterocycles. The fourth-order valence-corrected chi connectivity index (χ4v) is 5.40. The van der Waals surface area contributed by atoms with E-state index < -0.39 is 10.6 Å². The number of hydrogen-bond acceptors (Lipinski definition) is 8. The highest BCUT2D eigenvalue weighted by atomic mass is 35.5. The van der Waals surface area contributed by atoms with Crippen LogP contribution < -0.4 is 9.47 Å². The quantitative estimate of drug-likeness (QED) is 0.236. The summed E-state index contributed by atoms with van der Waals surface area (Å²) in [5.41, 5.74) is 0. The monoisotopic (exact) mass is 466 g/mol. The second kappa shape index (κ2) is 11.9. The van der Waals surface area contributed by atoms with E-state index in [1.165, 1.54) is 21.6 Å². The summed E-state index contributed by atoms with van der Waals surface area (Å²) in [7, 11) is 4.73. The van der Waals surface area contributed by atoms with Gasteiger partial charge in [-0.15, -0.1) is 0 Å². The van der Waals surface area contributed by atoms with Crippen molar-refractivity contribution in [2.75, 3.05) is 11.5 Å². The molecule has 2 rings (SSSR count). The molecule has 0 N–H and O–H groups in total. The fourth-order valence-electron chi connectivity index (χ4n) is 1.48. The minimum atomic E-state index is -0.405. The molecule has 0 spiro atoms. The molecule has 26 heavy (non-hydrogen) atoms. The van der Waals surface area contributed by atoms with Gasteiger partial charge in [0.2, 0.25) is 0 Å². The molecule has 4 nitrogen and oxygen atoms in total. The van der Waals surface area contributed by atoms with Gasteiger partial charge in [0.15, 0.2) is 0 Å². The zero-order chi connectivity index (χ0) is 18.8. The number of carbonyl (C=O) groups is 2. The highest BCUT2D eigenvalue weighted by Gasteiger charge is 2.08. The van der Waals surface area contributed by atoms with Crippen molar-refractivity contribution in [1.82, 2.24) is 0 Å². The molecule has 0 bridgehead atoms. The van der Waals surface area contributed by atoms with Crippen molar-refractivity contribution in [3.8, 4) is 11.5 Å². The molecular weight excluding hydrogens is 455 g/mol. The van der Waals surface area contributed by atoms with E-state index >= 15 is 0 Å². The van der Waals surface area contributed by atoms with E-state index in [1.54, 1.807) is 48.5 Å². The minimum absolute atomic E-state index is 0.405. The van der Waals surface area contributed by atoms with Gasteiger partial charge in [-0.3, -0.25) is 0 Å². The van der Waals surface area contributed by atoms with Crippen LogP contribution in [0.2, 0.25) is 10.0 Å². The van der Waals surface area contributed by atoms with Crippen LogP contribution in [0.5, 0.6) is 11.5 Å². The maximum absolute atomic E-state index is 11.7. The standard InChI is InChI=1S/C16H12Cl2O4S4/c17-11-1-5-13(6-2-11)21-15(19)25-23-9-10-24-26-16(20)22-14-7-3-12(18)4-8-14/h1-8H,9-10H2. The zero-order valence-electron chi connectivity index (χ0n) is 13.1. The predicted octanol–water partition coefficient (Wildman–Crippen LogP) is 7.45. The van der Waals surface area contributed by atoms with Crippen molar-refractivity contribution >= 4 is 77.0 Å². The van der Waals surface area contributed by atoms with E-state index in [1.807, 2.05) is 0 Å². The molecule has 0 aromatic heterocycles. The Bertz CT molecular complexity index is 663. The molecule has 0 fully saturated rings. The van der Waals surface area contributed by atoms with E-state index in [2.05, 4.69) is 0 Å². The number of halogens is 2. The molecule has 0 saturated heterocycles. The zero-order valence-corrected chi connectivity index (χ0v) is 17.8. The molecule has 138 valence electrons. The lowest BCUT2D eigenvalue weighted by atomic mass is 10.3. The van der Waals surface area contributed by atoms with Gasteiger partial charge in [0, 0.05) is 43.1 Å². The van der Waals surface area contributed by atoms with E-state index in [4.69, 9.17) is 32.7 Å². The van der Waals surface area contributed by atoms with Crippen molar-refractivity contribution in [1.29, 1.82) is 0 Å². The molecule has 2 aromatic rings. The molecule has 0 unspecified atom stereocenters. The second-order valence-electron chi connectivity index (χ2n) is 4.42. The van der Waals surface area contributed by atoms with Crippen molar-refractivity contribution < 1.29 is 19.1 Å². The molecule has 2 aromatic carbocycles. The highest BCUT2D eigenvalue weighted by molar-refractivity contribution is 8.83. The molecule has 0 saturated carbocycles. The minimum Gasteiger partial charge on any atom is -0.418 e. The summed E-state index contributed by atoms with van der Waals surface area (Å²) in [6.07, 6.45) is 0. The van der Waals surface area contributed by atoms with Gasteiger partial charge in [0.05, 0.1) is 0 Å². The Morgan fingerprint density at radius 2 is 1.04 bits per heavy atom. The third kappa shape index (κ3) is 8.83. The largest absolute Gasteiger partial charge is 0.418 e. The van der Waals surface area contributed by atoms with Gasteiger partial charge < -0.3 is 9.47 Å². The summed E-state index contributed by atoms with van der Waals surface area (Å²) >= 11 is 11.5. The predicted molar refractivity (Wildman–Crippen MR) is 115 cm³/mol. The van der Waals surface area contributed by atoms with Crippen LogP contribution in [0.3, 0.4) is 0 Å². The maximum Gasteiger partial charge on any atom is 0.383 e. The van der Waals surface area contributed by atoms with Crippen LogP contribution in [0.25, 0.3) is 0 Å². The fraction of sp³-hybridized carbons (Fsp3) is 0.125. The van der Waals surface area contributed by atoms with E-state index in [0.717, 1.165) is 21.6 Å². The summed E-state index contributed by atoms with van der Waals surface area (Å²) < 4.78 is 10.3. The third-order valence-corrected chi connectivity index (χ3v) is 7.24. The summed E-state index contributed by atoms with van der Waals surface area (Å²) in [6.45, 7) is 0. The molecule has 10 heteroatoms. The molecule has 0 amide bonds. The van der Waals surface area contributed by atoms with Gasteiger partial charge in [-0.25, -0.2) is 9.59 Å². The van der Waals surface area contributed by atoms with Gasteiger partial charge >= 0.3 is 10.6 Å². The van der Waals surface area contributed by atoms with Crippen LogP contribution >= 0.6 is 66.4 Å². The Hall–Kier alpha value is -0.640. The van der Waals surface area contributed by atoms with Gasteiger partial charge in [0.1, 0.15) is 11.5 Å². The normalized spacial score (nSPS) is 10.4. The summed E-state index contributed by atoms with van der Waals surface area (Å²) in [4.78, 5) is 23.3. The van der Waals surface area contributed by atoms with Crippen LogP contribution in [0.15, 0.2) is 48.5 Å². The number of benzene rings is 2. The first-order valence-corrected chi connectivity index (χ1v) is 12.5. The first-order valence-electron chi connectivity index (χ1n) is 7.06. The van der Waals surface area contributed by atoms with Crippen molar-refractivity contribution in [3.05, 3.63) is 58.6 Å². The van der Waals surface area contributed by atoms with E-state index in [9.17, 15) is 9.59 Å². The number of hydrogen-bond donors (Lipinski definition) is 0. The van der Waals surface area contributed by atoms with Gasteiger partial charge in [-0.1, -0.05) is 44.8 Å². The molecule has 0 aliphatic carbocycles. The SMILES string of the molecule is O=C(Oc1ccc(Cl)cc1)SSCCSSC(=O)Oc1ccc(Cl)cc1. The Morgan fingerprint density at radius 1 is 0.692 bits per heavy atom. The lowest BCUT2D eigenvalue weighted by molar-refractivity contribution is 0.226. The van der Waals surface area contributed by atoms with Gasteiger partial charge in [0.25, 0.3) is 0 Å². The maximum atomic E-state index is 11.7. The lowest BCUT2D eigenvalue weighted by Crippen LogP contribution is -1.99. The summed E-state index contributed by atoms with van der Waals surface area (Å²) in [6, 6.07) is 13.1. The van der Waals surface area contributed by atoms with Crippen LogP contribution in [-0.2, 0) is 0 Å². The molecule has 0 aliphatic rings. The van der Waals surface area contributed by atoms with Crippen LogP contribution in [0, 0.1) is 0 Å². The summed E-state index contributed by atoms with van der Waals surface area (Å²) in [5.74, 6) is 2.24. The topological polar surface area (TPSA) is 52.6 Å². The van der Waals surface area contributed by atoms with Gasteiger partial charge in [-0.05, 0) is 48.5 Å². The number of ether oxygens (including phenoxy) is 2. The van der Waals surface area contributed by atoms with Crippen molar-refractivity contribution in [3.63, 3.8) is 0 Å². The van der Waals surface area contributed by atoms with Crippen molar-refractivity contribution in [2.45, 2.75) is 0 Å². The van der Waals surface area contributed by atoms with Crippen LogP contribution in [0.1, 0.15) is 0 Å². The van der Waals surface area contributed by atoms with Gasteiger partial charge in [-0.2, -0.15) is 0 Å². The number of carbonyl (C=O) groups excluding carboxylic acids is 2. The van der Waals surface area contributed by atoms with E-state index in [-0.39, 0.29) is 0 Å². The average Bonchev–Trinajstić information content (AvgIpc) is 2.62. The first kappa shape index (κ1) is 21.7. The first-order chi connectivity index (χ1) is 12.5. The Kier molecular flexibility index (Phi) is 9.95. The molecule has 0 radical (unpaired) electrons. The lowest BCUT2D eigenvalue weighted by Gasteiger charge is -2.04. The molecule has 0 atom stereocenters. The Morgan fingerprint density at radius 3 is 1.38 bits per heavy atom. The molecular formula is C16H12Cl2O4S4. The smallest absolute Gasteiger partial charge is 0.383 e. The summed E-state index contributed by atoms with van der Waals surface area (Å²) in [5, 5.41) is 0.348. The third-order valence-electron chi connectivity index (χ3n) is 2.53. The Labute approximate surface area is 176 Å². The van der Waals surface area contributed by atoms with E-state index in [0.29, 0.717) is 33.0 Å². The van der Waals surface area contributed by atoms with Crippen molar-refractivity contribution in [2.24, 2.45) is 0 Å². The average molecular weight is 467 g/mol. The number of rotatable bonds is 7. The highest BCUT2D eigenvalue weighted by Crippen LogP contribution is 2.30. The Balaban J connectivity index is 1.53. The second-order valence-corrected chi connectivity index (χ2v) is 10.00. The van der Waals surface area contributed by atoms with Crippen LogP contribution in [0.4, 0.5) is 9.59 Å². The van der Waals surface area contributed by atoms with Crippen LogP contribution in [-0.4, -0.2) is 22.1 Å².